The number of rotatable bonds is 5. The lowest BCUT2D eigenvalue weighted by Crippen LogP contribution is -2.28. The minimum absolute atomic E-state index is 0.390. The maximum atomic E-state index is 12.2. The van der Waals surface area contributed by atoms with E-state index in [2.05, 4.69) is 34.6 Å². The monoisotopic (exact) mass is 565 g/mol. The summed E-state index contributed by atoms with van der Waals surface area (Å²) < 4.78 is 18.6. The summed E-state index contributed by atoms with van der Waals surface area (Å²) in [5, 5.41) is 4.34. The lowest BCUT2D eigenvalue weighted by atomic mass is 9.96. The Morgan fingerprint density at radius 1 is 1.15 bits per heavy atom. The van der Waals surface area contributed by atoms with Gasteiger partial charge in [-0.25, -0.2) is 9.78 Å². The van der Waals surface area contributed by atoms with Crippen LogP contribution in [0.5, 0.6) is 0 Å². The van der Waals surface area contributed by atoms with Gasteiger partial charge >= 0.3 is 6.09 Å². The summed E-state index contributed by atoms with van der Waals surface area (Å²) in [6.07, 6.45) is 1.79. The smallest absolute Gasteiger partial charge is 0.413 e. The van der Waals surface area contributed by atoms with Crippen molar-refractivity contribution >= 4 is 44.9 Å². The average molecular weight is 566 g/mol. The fourth-order valence-corrected chi connectivity index (χ4v) is 5.97. The van der Waals surface area contributed by atoms with E-state index in [1.807, 2.05) is 59.9 Å². The number of halogens is 1. The van der Waals surface area contributed by atoms with Crippen LogP contribution in [0.1, 0.15) is 57.7 Å². The van der Waals surface area contributed by atoms with Crippen molar-refractivity contribution in [3.8, 4) is 11.3 Å². The van der Waals surface area contributed by atoms with Crippen LogP contribution < -0.4 is 5.32 Å². The van der Waals surface area contributed by atoms with Gasteiger partial charge in [0.15, 0.2) is 5.79 Å². The number of nitrogens with one attached hydrogen (secondary N) is 1. The number of hydrogen-bond donors (Lipinski definition) is 1. The minimum atomic E-state index is -0.629. The molecule has 0 spiro atoms. The molecule has 1 fully saturated rings. The molecular weight excluding hydrogens is 534 g/mol. The van der Waals surface area contributed by atoms with Crippen LogP contribution in [0.4, 0.5) is 10.6 Å². The molecule has 1 saturated heterocycles. The zero-order valence-electron chi connectivity index (χ0n) is 22.9. The van der Waals surface area contributed by atoms with Crippen LogP contribution in [0.3, 0.4) is 0 Å². The lowest BCUT2D eigenvalue weighted by Gasteiger charge is -2.25. The fraction of sp³-hybridized carbons (Fsp3) is 0.367. The van der Waals surface area contributed by atoms with Crippen LogP contribution in [-0.4, -0.2) is 34.1 Å². The number of pyridine rings is 2. The molecule has 9 heteroatoms. The third-order valence-corrected chi connectivity index (χ3v) is 7.83. The molecule has 5 rings (SSSR count). The van der Waals surface area contributed by atoms with Crippen molar-refractivity contribution in [2.24, 2.45) is 0 Å². The van der Waals surface area contributed by atoms with Crippen LogP contribution in [0, 0.1) is 0 Å². The Labute approximate surface area is 237 Å². The first-order chi connectivity index (χ1) is 18.3. The Hall–Kier alpha value is -3.04. The first-order valence-corrected chi connectivity index (χ1v) is 14.0. The van der Waals surface area contributed by atoms with Gasteiger partial charge in [-0.2, -0.15) is 0 Å². The molecule has 1 aliphatic rings. The molecule has 4 heterocycles. The molecule has 0 bridgehead atoms. The van der Waals surface area contributed by atoms with E-state index in [1.54, 1.807) is 23.5 Å². The molecule has 0 aliphatic carbocycles. The average Bonchev–Trinajstić information content (AvgIpc) is 3.39. The highest BCUT2D eigenvalue weighted by Gasteiger charge is 2.43. The predicted octanol–water partition coefficient (Wildman–Crippen LogP) is 7.95. The topological polar surface area (TPSA) is 82.6 Å². The molecule has 0 saturated carbocycles. The molecule has 7 nitrogen and oxygen atoms in total. The molecule has 3 aromatic heterocycles. The second kappa shape index (κ2) is 10.2. The highest BCUT2D eigenvalue weighted by molar-refractivity contribution is 7.19. The molecule has 1 unspecified atom stereocenters. The second-order valence-electron chi connectivity index (χ2n) is 11.3. The zero-order chi connectivity index (χ0) is 28.0. The summed E-state index contributed by atoms with van der Waals surface area (Å²) in [6, 6.07) is 15.8. The van der Waals surface area contributed by atoms with Gasteiger partial charge in [0, 0.05) is 27.8 Å². The maximum Gasteiger partial charge on any atom is 0.413 e. The van der Waals surface area contributed by atoms with E-state index in [4.69, 9.17) is 30.8 Å². The van der Waals surface area contributed by atoms with Crippen molar-refractivity contribution in [1.29, 1.82) is 0 Å². The van der Waals surface area contributed by atoms with Gasteiger partial charge < -0.3 is 14.2 Å². The molecule has 1 aliphatic heterocycles. The van der Waals surface area contributed by atoms with Crippen LogP contribution in [-0.2, 0) is 26.2 Å². The third-order valence-electron chi connectivity index (χ3n) is 6.30. The van der Waals surface area contributed by atoms with Gasteiger partial charge in [-0.3, -0.25) is 10.3 Å². The second-order valence-corrected chi connectivity index (χ2v) is 12.9. The van der Waals surface area contributed by atoms with Gasteiger partial charge in [-0.15, -0.1) is 11.3 Å². The molecule has 204 valence electrons. The number of amides is 1. The van der Waals surface area contributed by atoms with Crippen molar-refractivity contribution in [3.05, 3.63) is 75.9 Å². The van der Waals surface area contributed by atoms with Gasteiger partial charge in [0.2, 0.25) is 0 Å². The van der Waals surface area contributed by atoms with E-state index in [0.29, 0.717) is 29.6 Å². The largest absolute Gasteiger partial charge is 0.444 e. The summed E-state index contributed by atoms with van der Waals surface area (Å²) >= 11 is 8.17. The highest BCUT2D eigenvalue weighted by atomic mass is 35.5. The summed E-state index contributed by atoms with van der Waals surface area (Å²) in [5.74, 6) is -0.239. The highest BCUT2D eigenvalue weighted by Crippen LogP contribution is 2.41. The van der Waals surface area contributed by atoms with E-state index in [0.717, 1.165) is 31.8 Å². The van der Waals surface area contributed by atoms with E-state index < -0.39 is 23.1 Å². The van der Waals surface area contributed by atoms with E-state index >= 15 is 0 Å². The number of nitrogens with zero attached hydrogens (tertiary/aromatic N) is 2. The summed E-state index contributed by atoms with van der Waals surface area (Å²) in [6.45, 7) is 11.8. The third kappa shape index (κ3) is 6.25. The van der Waals surface area contributed by atoms with E-state index in [-0.39, 0.29) is 0 Å². The Kier molecular flexibility index (Phi) is 7.18. The zero-order valence-corrected chi connectivity index (χ0v) is 24.5. The summed E-state index contributed by atoms with van der Waals surface area (Å²) in [7, 11) is 0. The molecule has 0 radical (unpaired) electrons. The lowest BCUT2D eigenvalue weighted by molar-refractivity contribution is -0.159. The molecule has 1 amide bonds. The van der Waals surface area contributed by atoms with Crippen molar-refractivity contribution in [2.45, 2.75) is 65.0 Å². The first-order valence-electron chi connectivity index (χ1n) is 12.8. The number of thiophene rings is 1. The Morgan fingerprint density at radius 2 is 1.95 bits per heavy atom. The SMILES string of the molecule is CC(C)(C)OC(=O)Nc1ccc(Cl)c(Cc2cc3cccc(-c4cc(C5(C)COC(C)(C)O5)ccn4)c3s2)n1. The fourth-order valence-electron chi connectivity index (χ4n) is 4.62. The normalized spacial score (nSPS) is 18.8. The number of carbonyl (C=O) groups excluding carboxylic acids is 1. The van der Waals surface area contributed by atoms with Crippen molar-refractivity contribution in [1.82, 2.24) is 9.97 Å². The number of ether oxygens (including phenoxy) is 3. The molecule has 39 heavy (non-hydrogen) atoms. The van der Waals surface area contributed by atoms with E-state index in [1.165, 1.54) is 0 Å². The summed E-state index contributed by atoms with van der Waals surface area (Å²) in [5.41, 5.74) is 2.47. The van der Waals surface area contributed by atoms with Crippen molar-refractivity contribution < 1.29 is 19.0 Å². The molecule has 1 aromatic carbocycles. The quantitative estimate of drug-likeness (QED) is 0.264. The Balaban J connectivity index is 1.42. The van der Waals surface area contributed by atoms with Crippen molar-refractivity contribution in [3.63, 3.8) is 0 Å². The van der Waals surface area contributed by atoms with Gasteiger partial charge in [-0.1, -0.05) is 29.8 Å². The van der Waals surface area contributed by atoms with Crippen LogP contribution in [0.2, 0.25) is 5.02 Å². The van der Waals surface area contributed by atoms with Crippen LogP contribution in [0.25, 0.3) is 21.3 Å². The molecule has 4 aromatic rings. The van der Waals surface area contributed by atoms with Gasteiger partial charge in [-0.05, 0) is 82.8 Å². The Bertz CT molecular complexity index is 1540. The predicted molar refractivity (Wildman–Crippen MR) is 155 cm³/mol. The maximum absolute atomic E-state index is 12.2. The van der Waals surface area contributed by atoms with Crippen LogP contribution in [0.15, 0.2) is 54.7 Å². The first kappa shape index (κ1) is 27.5. The molecule has 1 N–H and O–H groups in total. The number of carbonyl (C=O) groups is 1. The number of fused-ring (bicyclic) bond motifs is 1. The van der Waals surface area contributed by atoms with Gasteiger partial charge in [0.1, 0.15) is 17.0 Å². The number of anilines is 1. The minimum Gasteiger partial charge on any atom is -0.444 e. The van der Waals surface area contributed by atoms with Crippen LogP contribution >= 0.6 is 22.9 Å². The van der Waals surface area contributed by atoms with Crippen molar-refractivity contribution in [2.75, 3.05) is 11.9 Å². The number of aromatic nitrogens is 2. The van der Waals surface area contributed by atoms with Gasteiger partial charge in [0.05, 0.1) is 23.0 Å². The number of hydrogen-bond acceptors (Lipinski definition) is 7. The standard InChI is InChI=1S/C30H32ClN3O4S/c1-28(2,3)37-27(35)34-25-11-10-22(31)24(33-25)16-20-14-18-8-7-9-21(26(18)39-20)23-15-19(12-13-32-23)30(6)17-36-29(4,5)38-30/h7-15H,16-17H2,1-6H3,(H,33,34,35). The molecular formula is C30H32ClN3O4S. The van der Waals surface area contributed by atoms with Gasteiger partial charge in [0.25, 0.3) is 0 Å². The Morgan fingerprint density at radius 3 is 2.67 bits per heavy atom. The molecule has 1 atom stereocenters. The number of benzene rings is 1. The summed E-state index contributed by atoms with van der Waals surface area (Å²) in [4.78, 5) is 22.6. The van der Waals surface area contributed by atoms with E-state index in [9.17, 15) is 4.79 Å².